The Kier molecular flexibility index (Phi) is 5.48. The molecule has 0 spiro atoms. The first-order valence-corrected chi connectivity index (χ1v) is 6.95. The normalized spacial score (nSPS) is 18.5. The molecular formula is C9H16ClNO2S. The van der Waals surface area contributed by atoms with Gasteiger partial charge in [0.2, 0.25) is 5.91 Å². The summed E-state index contributed by atoms with van der Waals surface area (Å²) in [5.41, 5.74) is 0. The van der Waals surface area contributed by atoms with Crippen molar-refractivity contribution in [3.05, 3.63) is 0 Å². The fourth-order valence-electron chi connectivity index (χ4n) is 1.42. The van der Waals surface area contributed by atoms with E-state index in [-0.39, 0.29) is 5.91 Å². The van der Waals surface area contributed by atoms with Gasteiger partial charge in [-0.2, -0.15) is 0 Å². The van der Waals surface area contributed by atoms with E-state index >= 15 is 0 Å². The second-order valence-corrected chi connectivity index (χ2v) is 5.45. The number of amides is 1. The Labute approximate surface area is 92.3 Å². The zero-order valence-corrected chi connectivity index (χ0v) is 9.78. The lowest BCUT2D eigenvalue weighted by atomic mass is 10.2. The molecule has 1 aliphatic heterocycles. The van der Waals surface area contributed by atoms with E-state index in [2.05, 4.69) is 0 Å². The second kappa shape index (κ2) is 6.40. The van der Waals surface area contributed by atoms with Crippen LogP contribution in [0.5, 0.6) is 0 Å². The molecule has 0 aromatic heterocycles. The number of alkyl halides is 1. The number of carbonyl (C=O) groups excluding carboxylic acids is 1. The summed E-state index contributed by atoms with van der Waals surface area (Å²) in [5, 5.41) is 0. The van der Waals surface area contributed by atoms with E-state index in [1.807, 2.05) is 4.90 Å². The Morgan fingerprint density at radius 1 is 1.29 bits per heavy atom. The van der Waals surface area contributed by atoms with Crippen LogP contribution in [-0.2, 0) is 15.6 Å². The van der Waals surface area contributed by atoms with E-state index < -0.39 is 10.8 Å². The number of rotatable bonds is 4. The summed E-state index contributed by atoms with van der Waals surface area (Å²) in [6.07, 6.45) is 2.34. The zero-order chi connectivity index (χ0) is 10.4. The van der Waals surface area contributed by atoms with Gasteiger partial charge < -0.3 is 4.90 Å². The minimum absolute atomic E-state index is 0.187. The largest absolute Gasteiger partial charge is 0.341 e. The summed E-state index contributed by atoms with van der Waals surface area (Å²) in [6.45, 7) is 1.32. The lowest BCUT2D eigenvalue weighted by Crippen LogP contribution is -2.41. The fraction of sp³-hybridized carbons (Fsp3) is 0.889. The van der Waals surface area contributed by atoms with Gasteiger partial charge in [0.1, 0.15) is 0 Å². The Hall–Kier alpha value is -0.0900. The second-order valence-electron chi connectivity index (χ2n) is 3.37. The van der Waals surface area contributed by atoms with E-state index in [4.69, 9.17) is 11.6 Å². The molecule has 0 radical (unpaired) electrons. The van der Waals surface area contributed by atoms with Gasteiger partial charge in [0, 0.05) is 47.7 Å². The Balaban J connectivity index is 2.20. The van der Waals surface area contributed by atoms with Crippen molar-refractivity contribution in [1.82, 2.24) is 4.90 Å². The van der Waals surface area contributed by atoms with Gasteiger partial charge in [-0.05, 0) is 12.8 Å². The topological polar surface area (TPSA) is 37.4 Å². The highest BCUT2D eigenvalue weighted by molar-refractivity contribution is 7.85. The third-order valence-corrected chi connectivity index (χ3v) is 3.85. The third-order valence-electron chi connectivity index (χ3n) is 2.30. The van der Waals surface area contributed by atoms with E-state index in [0.717, 1.165) is 12.8 Å². The molecule has 0 unspecified atom stereocenters. The molecule has 0 N–H and O–H groups in total. The molecule has 1 aliphatic rings. The minimum atomic E-state index is -0.700. The molecule has 1 amide bonds. The van der Waals surface area contributed by atoms with Gasteiger partial charge in [0.05, 0.1) is 0 Å². The van der Waals surface area contributed by atoms with Crippen molar-refractivity contribution in [3.8, 4) is 0 Å². The van der Waals surface area contributed by atoms with Crippen molar-refractivity contribution in [2.24, 2.45) is 0 Å². The molecule has 0 aromatic carbocycles. The lowest BCUT2D eigenvalue weighted by Gasteiger charge is -2.26. The number of halogens is 1. The summed E-state index contributed by atoms with van der Waals surface area (Å²) < 4.78 is 11.0. The Morgan fingerprint density at radius 3 is 2.50 bits per heavy atom. The molecule has 1 fully saturated rings. The maximum Gasteiger partial charge on any atom is 0.222 e. The van der Waals surface area contributed by atoms with Crippen molar-refractivity contribution in [3.63, 3.8) is 0 Å². The first kappa shape index (κ1) is 12.0. The molecule has 82 valence electrons. The highest BCUT2D eigenvalue weighted by Gasteiger charge is 2.18. The van der Waals surface area contributed by atoms with Crippen molar-refractivity contribution < 1.29 is 9.00 Å². The summed E-state index contributed by atoms with van der Waals surface area (Å²) >= 11 is 5.52. The third kappa shape index (κ3) is 3.96. The highest BCUT2D eigenvalue weighted by atomic mass is 35.5. The molecule has 0 aromatic rings. The monoisotopic (exact) mass is 237 g/mol. The highest BCUT2D eigenvalue weighted by Crippen LogP contribution is 2.05. The van der Waals surface area contributed by atoms with Crippen molar-refractivity contribution in [1.29, 1.82) is 0 Å². The average Bonchev–Trinajstić information content (AvgIpc) is 2.19. The van der Waals surface area contributed by atoms with Crippen LogP contribution in [-0.4, -0.2) is 45.5 Å². The molecule has 0 saturated carbocycles. The van der Waals surface area contributed by atoms with Gasteiger partial charge in [-0.25, -0.2) is 0 Å². The molecule has 14 heavy (non-hydrogen) atoms. The molecule has 0 bridgehead atoms. The average molecular weight is 238 g/mol. The van der Waals surface area contributed by atoms with Crippen LogP contribution in [0.1, 0.15) is 19.3 Å². The quantitative estimate of drug-likeness (QED) is 0.540. The fourth-order valence-corrected chi connectivity index (χ4v) is 2.66. The van der Waals surface area contributed by atoms with Gasteiger partial charge in [-0.1, -0.05) is 0 Å². The van der Waals surface area contributed by atoms with Crippen molar-refractivity contribution in [2.45, 2.75) is 19.3 Å². The van der Waals surface area contributed by atoms with Crippen LogP contribution < -0.4 is 0 Å². The zero-order valence-electron chi connectivity index (χ0n) is 8.21. The first-order chi connectivity index (χ1) is 6.74. The first-order valence-electron chi connectivity index (χ1n) is 4.93. The van der Waals surface area contributed by atoms with Gasteiger partial charge in [-0.15, -0.1) is 11.6 Å². The smallest absolute Gasteiger partial charge is 0.222 e. The standard InChI is InChI=1S/C9H16ClNO2S/c10-4-2-1-3-9(12)11-5-7-14(13)8-6-11/h1-8H2. The van der Waals surface area contributed by atoms with Crippen molar-refractivity contribution >= 4 is 28.3 Å². The molecule has 1 saturated heterocycles. The molecule has 1 heterocycles. The molecule has 1 rings (SSSR count). The molecule has 0 atom stereocenters. The summed E-state index contributed by atoms with van der Waals surface area (Å²) in [7, 11) is -0.700. The number of hydrogen-bond donors (Lipinski definition) is 0. The van der Waals surface area contributed by atoms with E-state index in [1.54, 1.807) is 0 Å². The predicted molar refractivity (Wildman–Crippen MR) is 59.0 cm³/mol. The van der Waals surface area contributed by atoms with E-state index in [0.29, 0.717) is 36.9 Å². The van der Waals surface area contributed by atoms with Crippen LogP contribution in [0.4, 0.5) is 0 Å². The summed E-state index contributed by atoms with van der Waals surface area (Å²) in [6, 6.07) is 0. The molecular weight excluding hydrogens is 222 g/mol. The molecule has 3 nitrogen and oxygen atoms in total. The minimum Gasteiger partial charge on any atom is -0.341 e. The van der Waals surface area contributed by atoms with Gasteiger partial charge >= 0.3 is 0 Å². The van der Waals surface area contributed by atoms with Crippen LogP contribution >= 0.6 is 11.6 Å². The predicted octanol–water partition coefficient (Wildman–Crippen LogP) is 0.986. The number of carbonyl (C=O) groups is 1. The Bertz CT molecular complexity index is 213. The number of nitrogens with zero attached hydrogens (tertiary/aromatic N) is 1. The van der Waals surface area contributed by atoms with Gasteiger partial charge in [-0.3, -0.25) is 9.00 Å². The van der Waals surface area contributed by atoms with Gasteiger partial charge in [0.15, 0.2) is 0 Å². The molecule has 5 heteroatoms. The van der Waals surface area contributed by atoms with Crippen molar-refractivity contribution in [2.75, 3.05) is 30.5 Å². The van der Waals surface area contributed by atoms with Crippen LogP contribution in [0, 0.1) is 0 Å². The maximum atomic E-state index is 11.6. The van der Waals surface area contributed by atoms with E-state index in [1.165, 1.54) is 0 Å². The Morgan fingerprint density at radius 2 is 1.93 bits per heavy atom. The van der Waals surface area contributed by atoms with E-state index in [9.17, 15) is 9.00 Å². The SMILES string of the molecule is O=C(CCCCCl)N1CCS(=O)CC1. The van der Waals surface area contributed by atoms with Crippen LogP contribution in [0.2, 0.25) is 0 Å². The lowest BCUT2D eigenvalue weighted by molar-refractivity contribution is -0.130. The number of hydrogen-bond acceptors (Lipinski definition) is 2. The summed E-state index contributed by atoms with van der Waals surface area (Å²) in [5.74, 6) is 2.09. The summed E-state index contributed by atoms with van der Waals surface area (Å²) in [4.78, 5) is 13.4. The molecule has 0 aliphatic carbocycles. The van der Waals surface area contributed by atoms with Crippen LogP contribution in [0.25, 0.3) is 0 Å². The maximum absolute atomic E-state index is 11.6. The van der Waals surface area contributed by atoms with Crippen LogP contribution in [0.15, 0.2) is 0 Å². The van der Waals surface area contributed by atoms with Crippen LogP contribution in [0.3, 0.4) is 0 Å². The number of unbranched alkanes of at least 4 members (excludes halogenated alkanes) is 1. The van der Waals surface area contributed by atoms with Gasteiger partial charge in [0.25, 0.3) is 0 Å².